The highest BCUT2D eigenvalue weighted by molar-refractivity contribution is 5.90. The number of carbonyl (C=O) groups excluding carboxylic acids is 1. The third-order valence-electron chi connectivity index (χ3n) is 5.93. The van der Waals surface area contributed by atoms with Crippen molar-refractivity contribution in [2.75, 3.05) is 20.2 Å². The van der Waals surface area contributed by atoms with Crippen molar-refractivity contribution < 1.29 is 19.1 Å². The van der Waals surface area contributed by atoms with Gasteiger partial charge in [-0.3, -0.25) is 15.1 Å². The molecule has 2 fully saturated rings. The molecule has 152 valence electrons. The predicted octanol–water partition coefficient (Wildman–Crippen LogP) is 3.66. The number of nitrogens with zero attached hydrogens (tertiary/aromatic N) is 1. The zero-order chi connectivity index (χ0) is 19.6. The molecule has 2 heterocycles. The van der Waals surface area contributed by atoms with Gasteiger partial charge in [-0.15, -0.1) is 0 Å². The van der Waals surface area contributed by atoms with Gasteiger partial charge in [0.2, 0.25) is 0 Å². The van der Waals surface area contributed by atoms with Gasteiger partial charge >= 0.3 is 0 Å². The van der Waals surface area contributed by atoms with Gasteiger partial charge in [-0.05, 0) is 76.1 Å². The Labute approximate surface area is 166 Å². The minimum absolute atomic E-state index is 0.0191. The van der Waals surface area contributed by atoms with Gasteiger partial charge in [-0.25, -0.2) is 0 Å². The highest BCUT2D eigenvalue weighted by atomic mass is 16.7. The fraction of sp³-hybridized carbons (Fsp3) is 0.591. The number of hydroxylamine groups is 1. The Hall–Kier alpha value is -2.21. The van der Waals surface area contributed by atoms with Crippen molar-refractivity contribution in [2.45, 2.75) is 63.6 Å². The molecule has 0 bridgehead atoms. The SMILES string of the molecule is COc1ccc(C2=CC(C)(C(=O)N3CCCCC3)ON2)cc1OC1CCCC1. The van der Waals surface area contributed by atoms with Crippen LogP contribution < -0.4 is 15.0 Å². The molecule has 1 N–H and O–H groups in total. The zero-order valence-electron chi connectivity index (χ0n) is 16.8. The van der Waals surface area contributed by atoms with Crippen molar-refractivity contribution >= 4 is 11.6 Å². The summed E-state index contributed by atoms with van der Waals surface area (Å²) in [6, 6.07) is 5.83. The first-order valence-electron chi connectivity index (χ1n) is 10.4. The van der Waals surface area contributed by atoms with E-state index in [1.54, 1.807) is 7.11 Å². The van der Waals surface area contributed by atoms with E-state index in [1.165, 1.54) is 19.3 Å². The average molecular weight is 386 g/mol. The second-order valence-corrected chi connectivity index (χ2v) is 8.11. The molecule has 1 amide bonds. The van der Waals surface area contributed by atoms with E-state index in [4.69, 9.17) is 14.3 Å². The lowest BCUT2D eigenvalue weighted by Gasteiger charge is -2.32. The number of likely N-dealkylation sites (tertiary alicyclic amines) is 1. The molecule has 1 aromatic carbocycles. The highest BCUT2D eigenvalue weighted by Gasteiger charge is 2.41. The van der Waals surface area contributed by atoms with Crippen LogP contribution >= 0.6 is 0 Å². The Bertz CT molecular complexity index is 751. The molecule has 1 unspecified atom stereocenters. The predicted molar refractivity (Wildman–Crippen MR) is 107 cm³/mol. The largest absolute Gasteiger partial charge is 0.493 e. The molecule has 2 aliphatic heterocycles. The van der Waals surface area contributed by atoms with E-state index in [0.717, 1.165) is 61.5 Å². The lowest BCUT2D eigenvalue weighted by molar-refractivity contribution is -0.153. The van der Waals surface area contributed by atoms with Gasteiger partial charge < -0.3 is 14.4 Å². The zero-order valence-corrected chi connectivity index (χ0v) is 16.8. The Morgan fingerprint density at radius 3 is 2.61 bits per heavy atom. The van der Waals surface area contributed by atoms with Crippen LogP contribution in [0.15, 0.2) is 24.3 Å². The van der Waals surface area contributed by atoms with Crippen LogP contribution in [0.5, 0.6) is 11.5 Å². The molecular weight excluding hydrogens is 356 g/mol. The van der Waals surface area contributed by atoms with Gasteiger partial charge in [-0.1, -0.05) is 0 Å². The Morgan fingerprint density at radius 2 is 1.89 bits per heavy atom. The summed E-state index contributed by atoms with van der Waals surface area (Å²) in [7, 11) is 1.65. The lowest BCUT2D eigenvalue weighted by atomic mass is 10.00. The maximum atomic E-state index is 13.0. The van der Waals surface area contributed by atoms with Crippen molar-refractivity contribution in [2.24, 2.45) is 0 Å². The van der Waals surface area contributed by atoms with E-state index in [-0.39, 0.29) is 12.0 Å². The molecular formula is C22H30N2O4. The number of piperidine rings is 1. The molecule has 6 nitrogen and oxygen atoms in total. The summed E-state index contributed by atoms with van der Waals surface area (Å²) in [5.41, 5.74) is 3.68. The normalized spacial score (nSPS) is 25.4. The first-order valence-corrected chi connectivity index (χ1v) is 10.4. The van der Waals surface area contributed by atoms with Crippen molar-refractivity contribution in [3.8, 4) is 11.5 Å². The van der Waals surface area contributed by atoms with E-state index in [9.17, 15) is 4.79 Å². The van der Waals surface area contributed by atoms with Gasteiger partial charge in [0, 0.05) is 18.7 Å². The number of hydrogen-bond donors (Lipinski definition) is 1. The number of benzene rings is 1. The van der Waals surface area contributed by atoms with Gasteiger partial charge in [0.15, 0.2) is 17.1 Å². The second-order valence-electron chi connectivity index (χ2n) is 8.11. The number of methoxy groups -OCH3 is 1. The third kappa shape index (κ3) is 3.83. The standard InChI is InChI=1S/C22H30N2O4/c1-22(21(25)24-12-6-3-7-13-24)15-18(23-28-22)16-10-11-19(26-2)20(14-16)27-17-8-4-5-9-17/h10-11,14-15,17,23H,3-9,12-13H2,1-2H3. The lowest BCUT2D eigenvalue weighted by Crippen LogP contribution is -2.49. The fourth-order valence-electron chi connectivity index (χ4n) is 4.28. The number of nitrogens with one attached hydrogen (secondary N) is 1. The monoisotopic (exact) mass is 386 g/mol. The summed E-state index contributed by atoms with van der Waals surface area (Å²) in [5, 5.41) is 0. The molecule has 4 rings (SSSR count). The molecule has 1 atom stereocenters. The summed E-state index contributed by atoms with van der Waals surface area (Å²) in [6.45, 7) is 3.44. The maximum absolute atomic E-state index is 13.0. The molecule has 1 saturated carbocycles. The summed E-state index contributed by atoms with van der Waals surface area (Å²) in [5.74, 6) is 1.48. The molecule has 0 aromatic heterocycles. The molecule has 6 heteroatoms. The number of ether oxygens (including phenoxy) is 2. The van der Waals surface area contributed by atoms with E-state index in [2.05, 4.69) is 5.48 Å². The highest BCUT2D eigenvalue weighted by Crippen LogP contribution is 2.36. The van der Waals surface area contributed by atoms with E-state index < -0.39 is 5.60 Å². The Morgan fingerprint density at radius 1 is 1.14 bits per heavy atom. The first kappa shape index (κ1) is 19.1. The van der Waals surface area contributed by atoms with Gasteiger partial charge in [0.25, 0.3) is 5.91 Å². The minimum atomic E-state index is -0.987. The summed E-state index contributed by atoms with van der Waals surface area (Å²) >= 11 is 0. The number of hydrogen-bond acceptors (Lipinski definition) is 5. The van der Waals surface area contributed by atoms with Crippen LogP contribution in [0.2, 0.25) is 0 Å². The van der Waals surface area contributed by atoms with Crippen molar-refractivity contribution in [1.82, 2.24) is 10.4 Å². The average Bonchev–Trinajstić information content (AvgIpc) is 3.38. The quantitative estimate of drug-likeness (QED) is 0.837. The van der Waals surface area contributed by atoms with Crippen LogP contribution in [-0.2, 0) is 9.63 Å². The molecule has 1 aromatic rings. The maximum Gasteiger partial charge on any atom is 0.261 e. The Kier molecular flexibility index (Phi) is 5.49. The molecule has 1 aliphatic carbocycles. The van der Waals surface area contributed by atoms with Crippen molar-refractivity contribution in [1.29, 1.82) is 0 Å². The molecule has 0 radical (unpaired) electrons. The van der Waals surface area contributed by atoms with Crippen LogP contribution in [0.1, 0.15) is 57.4 Å². The molecule has 3 aliphatic rings. The first-order chi connectivity index (χ1) is 13.6. The smallest absolute Gasteiger partial charge is 0.261 e. The van der Waals surface area contributed by atoms with Crippen molar-refractivity contribution in [3.63, 3.8) is 0 Å². The summed E-state index contributed by atoms with van der Waals surface area (Å²) < 4.78 is 11.7. The minimum Gasteiger partial charge on any atom is -0.493 e. The van der Waals surface area contributed by atoms with E-state index in [0.29, 0.717) is 0 Å². The number of amides is 1. The van der Waals surface area contributed by atoms with Crippen LogP contribution in [0, 0.1) is 0 Å². The van der Waals surface area contributed by atoms with Crippen LogP contribution in [0.4, 0.5) is 0 Å². The number of rotatable bonds is 5. The second kappa shape index (κ2) is 8.03. The van der Waals surface area contributed by atoms with Gasteiger partial charge in [-0.2, -0.15) is 0 Å². The third-order valence-corrected chi connectivity index (χ3v) is 5.93. The van der Waals surface area contributed by atoms with Crippen LogP contribution in [-0.4, -0.2) is 42.7 Å². The summed E-state index contributed by atoms with van der Waals surface area (Å²) in [6.07, 6.45) is 10.0. The topological polar surface area (TPSA) is 60.0 Å². The van der Waals surface area contributed by atoms with Gasteiger partial charge in [0.05, 0.1) is 18.9 Å². The summed E-state index contributed by atoms with van der Waals surface area (Å²) in [4.78, 5) is 20.6. The molecule has 0 spiro atoms. The van der Waals surface area contributed by atoms with E-state index in [1.807, 2.05) is 36.1 Å². The van der Waals surface area contributed by atoms with Crippen molar-refractivity contribution in [3.05, 3.63) is 29.8 Å². The number of carbonyl (C=O) groups is 1. The van der Waals surface area contributed by atoms with Crippen LogP contribution in [0.3, 0.4) is 0 Å². The molecule has 1 saturated heterocycles. The van der Waals surface area contributed by atoms with Gasteiger partial charge in [0.1, 0.15) is 0 Å². The Balaban J connectivity index is 1.54. The van der Waals surface area contributed by atoms with Crippen LogP contribution in [0.25, 0.3) is 5.70 Å². The molecule has 28 heavy (non-hydrogen) atoms. The van der Waals surface area contributed by atoms with E-state index >= 15 is 0 Å². The fourth-order valence-corrected chi connectivity index (χ4v) is 4.28.